The van der Waals surface area contributed by atoms with Crippen LogP contribution in [0.1, 0.15) is 38.3 Å². The van der Waals surface area contributed by atoms with Gasteiger partial charge < -0.3 is 10.1 Å². The van der Waals surface area contributed by atoms with E-state index < -0.39 is 0 Å². The number of ether oxygens (including phenoxy) is 1. The Morgan fingerprint density at radius 1 is 1.31 bits per heavy atom. The third-order valence-corrected chi connectivity index (χ3v) is 2.80. The van der Waals surface area contributed by atoms with Gasteiger partial charge in [0, 0.05) is 12.1 Å². The molecule has 2 nitrogen and oxygen atoms in total. The number of fused-ring (bicyclic) bond motifs is 1. The predicted molar refractivity (Wildman–Crippen MR) is 66.9 cm³/mol. The molecule has 0 aromatic heterocycles. The van der Waals surface area contributed by atoms with E-state index in [0.717, 1.165) is 31.7 Å². The zero-order valence-electron chi connectivity index (χ0n) is 10.5. The smallest absolute Gasteiger partial charge is 0.122 e. The zero-order valence-corrected chi connectivity index (χ0v) is 10.5. The Bertz CT molecular complexity index is 365. The van der Waals surface area contributed by atoms with Gasteiger partial charge in [-0.2, -0.15) is 0 Å². The van der Waals surface area contributed by atoms with Crippen LogP contribution in [0.15, 0.2) is 18.2 Å². The fourth-order valence-electron chi connectivity index (χ4n) is 1.89. The summed E-state index contributed by atoms with van der Waals surface area (Å²) in [7, 11) is 0. The molecule has 1 aromatic carbocycles. The van der Waals surface area contributed by atoms with Gasteiger partial charge in [0.05, 0.1) is 6.61 Å². The SMILES string of the molecule is CC(C)(C)NCc1ccc2c(c1)CCCO2. The van der Waals surface area contributed by atoms with Crippen molar-refractivity contribution in [3.8, 4) is 5.75 Å². The molecule has 0 spiro atoms. The fraction of sp³-hybridized carbons (Fsp3) is 0.571. The molecule has 1 aromatic rings. The molecule has 0 amide bonds. The van der Waals surface area contributed by atoms with Gasteiger partial charge in [0.2, 0.25) is 0 Å². The van der Waals surface area contributed by atoms with Crippen molar-refractivity contribution in [1.29, 1.82) is 0 Å². The van der Waals surface area contributed by atoms with Crippen LogP contribution in [0, 0.1) is 0 Å². The lowest BCUT2D eigenvalue weighted by molar-refractivity contribution is 0.288. The second-order valence-electron chi connectivity index (χ2n) is 5.50. The minimum atomic E-state index is 0.173. The highest BCUT2D eigenvalue weighted by atomic mass is 16.5. The van der Waals surface area contributed by atoms with E-state index in [4.69, 9.17) is 4.74 Å². The van der Waals surface area contributed by atoms with E-state index >= 15 is 0 Å². The molecule has 0 atom stereocenters. The second-order valence-corrected chi connectivity index (χ2v) is 5.50. The first-order chi connectivity index (χ1) is 7.54. The van der Waals surface area contributed by atoms with Crippen molar-refractivity contribution < 1.29 is 4.74 Å². The molecule has 0 fully saturated rings. The highest BCUT2D eigenvalue weighted by Crippen LogP contribution is 2.25. The zero-order chi connectivity index (χ0) is 11.6. The van der Waals surface area contributed by atoms with E-state index in [2.05, 4.69) is 44.3 Å². The van der Waals surface area contributed by atoms with Crippen LogP contribution in [0.5, 0.6) is 5.75 Å². The summed E-state index contributed by atoms with van der Waals surface area (Å²) < 4.78 is 5.60. The number of rotatable bonds is 2. The Balaban J connectivity index is 2.06. The number of hydrogen-bond acceptors (Lipinski definition) is 2. The molecule has 16 heavy (non-hydrogen) atoms. The summed E-state index contributed by atoms with van der Waals surface area (Å²) in [5, 5.41) is 3.50. The molecule has 0 saturated carbocycles. The summed E-state index contributed by atoms with van der Waals surface area (Å²) in [6, 6.07) is 6.53. The molecule has 0 aliphatic carbocycles. The number of hydrogen-bond donors (Lipinski definition) is 1. The van der Waals surface area contributed by atoms with E-state index in [1.54, 1.807) is 0 Å². The van der Waals surface area contributed by atoms with Gasteiger partial charge in [-0.3, -0.25) is 0 Å². The van der Waals surface area contributed by atoms with E-state index in [9.17, 15) is 0 Å². The summed E-state index contributed by atoms with van der Waals surface area (Å²) >= 11 is 0. The quantitative estimate of drug-likeness (QED) is 0.825. The Labute approximate surface area is 98.0 Å². The van der Waals surface area contributed by atoms with Crippen molar-refractivity contribution >= 4 is 0 Å². The Hall–Kier alpha value is -1.02. The van der Waals surface area contributed by atoms with Gasteiger partial charge in [0.25, 0.3) is 0 Å². The molecule has 1 aliphatic heterocycles. The maximum Gasteiger partial charge on any atom is 0.122 e. The van der Waals surface area contributed by atoms with Gasteiger partial charge in [0.1, 0.15) is 5.75 Å². The van der Waals surface area contributed by atoms with Crippen LogP contribution >= 0.6 is 0 Å². The third-order valence-electron chi connectivity index (χ3n) is 2.80. The molecule has 2 heteroatoms. The average Bonchev–Trinajstić information content (AvgIpc) is 2.25. The van der Waals surface area contributed by atoms with Crippen LogP contribution in [0.25, 0.3) is 0 Å². The molecular formula is C14H21NO. The van der Waals surface area contributed by atoms with E-state index in [-0.39, 0.29) is 5.54 Å². The van der Waals surface area contributed by atoms with Gasteiger partial charge in [-0.1, -0.05) is 12.1 Å². The maximum atomic E-state index is 5.60. The summed E-state index contributed by atoms with van der Waals surface area (Å²) in [5.41, 5.74) is 2.88. The van der Waals surface area contributed by atoms with Crippen LogP contribution in [0.2, 0.25) is 0 Å². The van der Waals surface area contributed by atoms with Crippen LogP contribution < -0.4 is 10.1 Å². The standard InChI is InChI=1S/C14H21NO/c1-14(2,3)15-10-11-6-7-13-12(9-11)5-4-8-16-13/h6-7,9,15H,4-5,8,10H2,1-3H3. The molecule has 0 unspecified atom stereocenters. The minimum Gasteiger partial charge on any atom is -0.493 e. The summed E-state index contributed by atoms with van der Waals surface area (Å²) in [6.45, 7) is 8.36. The molecule has 0 radical (unpaired) electrons. The first kappa shape index (κ1) is 11.5. The number of aryl methyl sites for hydroxylation is 1. The van der Waals surface area contributed by atoms with E-state index in [0.29, 0.717) is 0 Å². The first-order valence-corrected chi connectivity index (χ1v) is 6.04. The highest BCUT2D eigenvalue weighted by molar-refractivity contribution is 5.38. The lowest BCUT2D eigenvalue weighted by atomic mass is 10.0. The lowest BCUT2D eigenvalue weighted by Crippen LogP contribution is -2.35. The normalized spacial score (nSPS) is 15.4. The van der Waals surface area contributed by atoms with Gasteiger partial charge >= 0.3 is 0 Å². The molecule has 1 heterocycles. The fourth-order valence-corrected chi connectivity index (χ4v) is 1.89. The van der Waals surface area contributed by atoms with Crippen LogP contribution in [-0.2, 0) is 13.0 Å². The molecule has 0 saturated heterocycles. The second kappa shape index (κ2) is 4.46. The molecule has 0 bridgehead atoms. The third kappa shape index (κ3) is 2.99. The van der Waals surface area contributed by atoms with Crippen molar-refractivity contribution in [1.82, 2.24) is 5.32 Å². The Morgan fingerprint density at radius 3 is 2.88 bits per heavy atom. The van der Waals surface area contributed by atoms with Gasteiger partial charge in [-0.05, 0) is 50.8 Å². The molecule has 1 N–H and O–H groups in total. The monoisotopic (exact) mass is 219 g/mol. The maximum absolute atomic E-state index is 5.60. The number of benzene rings is 1. The van der Waals surface area contributed by atoms with Gasteiger partial charge in [-0.25, -0.2) is 0 Å². The lowest BCUT2D eigenvalue weighted by Gasteiger charge is -2.22. The topological polar surface area (TPSA) is 21.3 Å². The van der Waals surface area contributed by atoms with Crippen LogP contribution in [-0.4, -0.2) is 12.1 Å². The summed E-state index contributed by atoms with van der Waals surface area (Å²) in [4.78, 5) is 0. The molecular weight excluding hydrogens is 198 g/mol. The van der Waals surface area contributed by atoms with Crippen molar-refractivity contribution in [3.05, 3.63) is 29.3 Å². The van der Waals surface area contributed by atoms with E-state index in [1.165, 1.54) is 11.1 Å². The average molecular weight is 219 g/mol. The van der Waals surface area contributed by atoms with Crippen LogP contribution in [0.3, 0.4) is 0 Å². The largest absolute Gasteiger partial charge is 0.493 e. The minimum absolute atomic E-state index is 0.173. The summed E-state index contributed by atoms with van der Waals surface area (Å²) in [6.07, 6.45) is 2.29. The molecule has 2 rings (SSSR count). The van der Waals surface area contributed by atoms with Crippen molar-refractivity contribution in [3.63, 3.8) is 0 Å². The Morgan fingerprint density at radius 2 is 2.12 bits per heavy atom. The number of nitrogens with one attached hydrogen (secondary N) is 1. The van der Waals surface area contributed by atoms with Crippen molar-refractivity contribution in [2.75, 3.05) is 6.61 Å². The molecule has 88 valence electrons. The van der Waals surface area contributed by atoms with Crippen molar-refractivity contribution in [2.45, 2.75) is 45.7 Å². The van der Waals surface area contributed by atoms with E-state index in [1.807, 2.05) is 0 Å². The van der Waals surface area contributed by atoms with Crippen LogP contribution in [0.4, 0.5) is 0 Å². The molecule has 1 aliphatic rings. The van der Waals surface area contributed by atoms with Crippen molar-refractivity contribution in [2.24, 2.45) is 0 Å². The highest BCUT2D eigenvalue weighted by Gasteiger charge is 2.12. The Kier molecular flexibility index (Phi) is 3.20. The summed E-state index contributed by atoms with van der Waals surface area (Å²) in [5.74, 6) is 1.07. The predicted octanol–water partition coefficient (Wildman–Crippen LogP) is 2.90. The van der Waals surface area contributed by atoms with Gasteiger partial charge in [-0.15, -0.1) is 0 Å². The van der Waals surface area contributed by atoms with Gasteiger partial charge in [0.15, 0.2) is 0 Å². The first-order valence-electron chi connectivity index (χ1n) is 6.04.